The van der Waals surface area contributed by atoms with Gasteiger partial charge in [0.05, 0.1) is 19.2 Å². The van der Waals surface area contributed by atoms with Crippen LogP contribution in [0.4, 0.5) is 0 Å². The van der Waals surface area contributed by atoms with Gasteiger partial charge in [0, 0.05) is 6.07 Å². The first-order valence-corrected chi connectivity index (χ1v) is 4.66. The second kappa shape index (κ2) is 3.73. The average Bonchev–Trinajstić information content (AvgIpc) is 2.60. The molecule has 1 N–H and O–H groups in total. The SMILES string of the molecule is COc1ccc2c(n1)C(CC(=O)O)=CC2. The summed E-state index contributed by atoms with van der Waals surface area (Å²) < 4.78 is 5.01. The number of rotatable bonds is 3. The van der Waals surface area contributed by atoms with Gasteiger partial charge in [0.2, 0.25) is 5.88 Å². The van der Waals surface area contributed by atoms with Gasteiger partial charge in [-0.3, -0.25) is 4.79 Å². The van der Waals surface area contributed by atoms with Crippen LogP contribution in [0, 0.1) is 0 Å². The van der Waals surface area contributed by atoms with E-state index in [1.807, 2.05) is 12.1 Å². The lowest BCUT2D eigenvalue weighted by molar-refractivity contribution is -0.135. The summed E-state index contributed by atoms with van der Waals surface area (Å²) >= 11 is 0. The Morgan fingerprint density at radius 2 is 2.40 bits per heavy atom. The van der Waals surface area contributed by atoms with Crippen molar-refractivity contribution in [2.75, 3.05) is 7.11 Å². The third-order valence-corrected chi connectivity index (χ3v) is 2.38. The van der Waals surface area contributed by atoms with Crippen molar-refractivity contribution >= 4 is 11.5 Å². The summed E-state index contributed by atoms with van der Waals surface area (Å²) in [6.07, 6.45) is 2.69. The Bertz CT molecular complexity index is 437. The van der Waals surface area contributed by atoms with Crippen molar-refractivity contribution in [2.24, 2.45) is 0 Å². The van der Waals surface area contributed by atoms with E-state index < -0.39 is 5.97 Å². The Kier molecular flexibility index (Phi) is 2.41. The molecule has 1 aromatic rings. The lowest BCUT2D eigenvalue weighted by Crippen LogP contribution is -1.99. The fourth-order valence-electron chi connectivity index (χ4n) is 1.68. The summed E-state index contributed by atoms with van der Waals surface area (Å²) in [5.41, 5.74) is 2.60. The minimum atomic E-state index is -0.835. The number of aliphatic carboxylic acids is 1. The molecule has 0 saturated heterocycles. The van der Waals surface area contributed by atoms with Gasteiger partial charge in [0.25, 0.3) is 0 Å². The number of methoxy groups -OCH3 is 1. The normalized spacial score (nSPS) is 13.3. The van der Waals surface area contributed by atoms with Crippen molar-refractivity contribution in [3.63, 3.8) is 0 Å². The van der Waals surface area contributed by atoms with Crippen LogP contribution in [0.5, 0.6) is 5.88 Å². The fourth-order valence-corrected chi connectivity index (χ4v) is 1.68. The predicted molar refractivity (Wildman–Crippen MR) is 54.7 cm³/mol. The number of carboxylic acids is 1. The molecule has 2 rings (SSSR count). The molecule has 1 aromatic heterocycles. The Morgan fingerprint density at radius 1 is 1.60 bits per heavy atom. The van der Waals surface area contributed by atoms with E-state index in [-0.39, 0.29) is 6.42 Å². The maximum absolute atomic E-state index is 10.6. The predicted octanol–water partition coefficient (Wildman–Crippen LogP) is 1.50. The summed E-state index contributed by atoms with van der Waals surface area (Å²) in [4.78, 5) is 14.9. The highest BCUT2D eigenvalue weighted by atomic mass is 16.5. The van der Waals surface area contributed by atoms with Crippen LogP contribution in [0.3, 0.4) is 0 Å². The molecule has 0 fully saturated rings. The molecular weight excluding hydrogens is 194 g/mol. The van der Waals surface area contributed by atoms with Gasteiger partial charge in [-0.1, -0.05) is 12.1 Å². The maximum Gasteiger partial charge on any atom is 0.307 e. The smallest absolute Gasteiger partial charge is 0.307 e. The topological polar surface area (TPSA) is 59.4 Å². The molecule has 4 heteroatoms. The summed E-state index contributed by atoms with van der Waals surface area (Å²) in [6, 6.07) is 3.71. The summed E-state index contributed by atoms with van der Waals surface area (Å²) in [5, 5.41) is 8.73. The van der Waals surface area contributed by atoms with Gasteiger partial charge in [-0.2, -0.15) is 0 Å². The van der Waals surface area contributed by atoms with Crippen LogP contribution in [-0.4, -0.2) is 23.2 Å². The molecule has 0 aliphatic heterocycles. The second-order valence-corrected chi connectivity index (χ2v) is 3.37. The maximum atomic E-state index is 10.6. The van der Waals surface area contributed by atoms with Gasteiger partial charge in [-0.15, -0.1) is 0 Å². The van der Waals surface area contributed by atoms with Gasteiger partial charge in [0.15, 0.2) is 0 Å². The standard InChI is InChI=1S/C11H11NO3/c1-15-9-5-4-7-2-3-8(6-10(13)14)11(7)12-9/h3-5H,2,6H2,1H3,(H,13,14). The average molecular weight is 205 g/mol. The van der Waals surface area contributed by atoms with E-state index in [2.05, 4.69) is 4.98 Å². The molecule has 0 radical (unpaired) electrons. The van der Waals surface area contributed by atoms with Crippen molar-refractivity contribution in [1.29, 1.82) is 0 Å². The molecule has 0 amide bonds. The molecule has 0 aromatic carbocycles. The third kappa shape index (κ3) is 1.83. The van der Waals surface area contributed by atoms with Gasteiger partial charge in [-0.05, 0) is 17.6 Å². The van der Waals surface area contributed by atoms with E-state index in [9.17, 15) is 4.79 Å². The molecule has 78 valence electrons. The van der Waals surface area contributed by atoms with Gasteiger partial charge in [0.1, 0.15) is 0 Å². The van der Waals surface area contributed by atoms with E-state index >= 15 is 0 Å². The summed E-state index contributed by atoms with van der Waals surface area (Å²) in [6.45, 7) is 0. The monoisotopic (exact) mass is 205 g/mol. The number of nitrogens with zero attached hydrogens (tertiary/aromatic N) is 1. The van der Waals surface area contributed by atoms with Crippen LogP contribution in [0.2, 0.25) is 0 Å². The number of carboxylic acid groups (broad SMARTS) is 1. The zero-order valence-corrected chi connectivity index (χ0v) is 8.36. The first-order valence-electron chi connectivity index (χ1n) is 4.66. The fraction of sp³-hybridized carbons (Fsp3) is 0.273. The Labute approximate surface area is 87.2 Å². The van der Waals surface area contributed by atoms with Gasteiger partial charge >= 0.3 is 5.97 Å². The largest absolute Gasteiger partial charge is 0.481 e. The van der Waals surface area contributed by atoms with E-state index in [0.29, 0.717) is 5.88 Å². The van der Waals surface area contributed by atoms with Crippen LogP contribution in [0.25, 0.3) is 5.57 Å². The van der Waals surface area contributed by atoms with Crippen LogP contribution in [0.15, 0.2) is 18.2 Å². The molecule has 4 nitrogen and oxygen atoms in total. The highest BCUT2D eigenvalue weighted by molar-refractivity contribution is 5.85. The van der Waals surface area contributed by atoms with Crippen LogP contribution < -0.4 is 4.74 Å². The quantitative estimate of drug-likeness (QED) is 0.812. The second-order valence-electron chi connectivity index (χ2n) is 3.37. The van der Waals surface area contributed by atoms with Crippen molar-refractivity contribution in [1.82, 2.24) is 4.98 Å². The lowest BCUT2D eigenvalue weighted by atomic mass is 10.1. The van der Waals surface area contributed by atoms with E-state index in [0.717, 1.165) is 23.3 Å². The summed E-state index contributed by atoms with van der Waals surface area (Å²) in [7, 11) is 1.55. The number of hydrogen-bond donors (Lipinski definition) is 1. The minimum Gasteiger partial charge on any atom is -0.481 e. The van der Waals surface area contributed by atoms with Crippen molar-refractivity contribution < 1.29 is 14.6 Å². The highest BCUT2D eigenvalue weighted by Gasteiger charge is 2.18. The number of hydrogen-bond acceptors (Lipinski definition) is 3. The number of aromatic nitrogens is 1. The number of carbonyl (C=O) groups is 1. The van der Waals surface area contributed by atoms with E-state index in [1.165, 1.54) is 0 Å². The van der Waals surface area contributed by atoms with Crippen LogP contribution in [-0.2, 0) is 11.2 Å². The first kappa shape index (κ1) is 9.71. The molecule has 0 bridgehead atoms. The number of ether oxygens (including phenoxy) is 1. The molecule has 1 aliphatic rings. The van der Waals surface area contributed by atoms with E-state index in [4.69, 9.17) is 9.84 Å². The third-order valence-electron chi connectivity index (χ3n) is 2.38. The Hall–Kier alpha value is -1.84. The lowest BCUT2D eigenvalue weighted by Gasteiger charge is -2.04. The minimum absolute atomic E-state index is 0.0210. The molecule has 0 spiro atoms. The number of allylic oxidation sites excluding steroid dienone is 1. The highest BCUT2D eigenvalue weighted by Crippen LogP contribution is 2.29. The molecule has 15 heavy (non-hydrogen) atoms. The van der Waals surface area contributed by atoms with Crippen molar-refractivity contribution in [3.8, 4) is 5.88 Å². The van der Waals surface area contributed by atoms with E-state index in [1.54, 1.807) is 13.2 Å². The van der Waals surface area contributed by atoms with Crippen LogP contribution >= 0.6 is 0 Å². The van der Waals surface area contributed by atoms with Crippen molar-refractivity contribution in [3.05, 3.63) is 29.5 Å². The van der Waals surface area contributed by atoms with Crippen molar-refractivity contribution in [2.45, 2.75) is 12.8 Å². The molecule has 1 heterocycles. The molecule has 0 atom stereocenters. The number of fused-ring (bicyclic) bond motifs is 1. The molecule has 0 unspecified atom stereocenters. The van der Waals surface area contributed by atoms with Gasteiger partial charge in [-0.25, -0.2) is 4.98 Å². The number of pyridine rings is 1. The van der Waals surface area contributed by atoms with Gasteiger partial charge < -0.3 is 9.84 Å². The Balaban J connectivity index is 2.33. The Morgan fingerprint density at radius 3 is 3.07 bits per heavy atom. The molecular formula is C11H11NO3. The molecule has 1 aliphatic carbocycles. The zero-order chi connectivity index (χ0) is 10.8. The van der Waals surface area contributed by atoms with Crippen LogP contribution in [0.1, 0.15) is 17.7 Å². The summed E-state index contributed by atoms with van der Waals surface area (Å²) in [5.74, 6) is -0.314. The first-order chi connectivity index (χ1) is 7.20. The molecule has 0 saturated carbocycles. The zero-order valence-electron chi connectivity index (χ0n) is 8.36.